The van der Waals surface area contributed by atoms with Gasteiger partial charge in [-0.05, 0) is 25.0 Å². The molecule has 0 unspecified atom stereocenters. The summed E-state index contributed by atoms with van der Waals surface area (Å²) in [6.07, 6.45) is 5.66. The average Bonchev–Trinajstić information content (AvgIpc) is 3.29. The molecule has 0 radical (unpaired) electrons. The second-order valence-electron chi connectivity index (χ2n) is 7.84. The summed E-state index contributed by atoms with van der Waals surface area (Å²) in [5, 5.41) is 15.4. The Morgan fingerprint density at radius 1 is 1.16 bits per heavy atom. The Kier molecular flexibility index (Phi) is 6.80. The number of carbonyl (C=O) groups excluding carboxylic acids is 1. The minimum atomic E-state index is -0.465. The number of rotatable bonds is 7. The Labute approximate surface area is 190 Å². The molecule has 1 aliphatic rings. The summed E-state index contributed by atoms with van der Waals surface area (Å²) in [5.41, 5.74) is 0.954. The Bertz CT molecular complexity index is 1110. The highest BCUT2D eigenvalue weighted by atomic mass is 35.5. The van der Waals surface area contributed by atoms with Crippen molar-refractivity contribution in [3.63, 3.8) is 0 Å². The lowest BCUT2D eigenvalue weighted by Gasteiger charge is -2.34. The molecule has 0 saturated heterocycles. The first-order chi connectivity index (χ1) is 15.5. The number of nitrogens with zero attached hydrogens (tertiary/aromatic N) is 4. The number of benzene rings is 2. The molecule has 1 saturated carbocycles. The molecular formula is C23H23ClN4O4. The molecule has 3 aromatic rings. The van der Waals surface area contributed by atoms with Crippen LogP contribution in [0.4, 0.5) is 5.69 Å². The molecule has 0 N–H and O–H groups in total. The maximum absolute atomic E-state index is 13.3. The molecule has 0 bridgehead atoms. The molecule has 1 aliphatic carbocycles. The van der Waals surface area contributed by atoms with Crippen molar-refractivity contribution >= 4 is 23.2 Å². The Morgan fingerprint density at radius 2 is 1.94 bits per heavy atom. The van der Waals surface area contributed by atoms with Crippen molar-refractivity contribution in [3.8, 4) is 11.4 Å². The first kappa shape index (κ1) is 22.0. The summed E-state index contributed by atoms with van der Waals surface area (Å²) in [7, 11) is 0. The minimum absolute atomic E-state index is 0.0392. The summed E-state index contributed by atoms with van der Waals surface area (Å²) >= 11 is 6.29. The van der Waals surface area contributed by atoms with Gasteiger partial charge in [0, 0.05) is 36.7 Å². The SMILES string of the molecule is O=C(c1ccccc1Cl)N(CCc1nc(-c2cccc([N+](=O)[O-])c2)no1)C1CCCCC1. The van der Waals surface area contributed by atoms with Gasteiger partial charge in [-0.2, -0.15) is 4.98 Å². The zero-order valence-electron chi connectivity index (χ0n) is 17.4. The maximum Gasteiger partial charge on any atom is 0.270 e. The normalized spacial score (nSPS) is 14.3. The fourth-order valence-electron chi connectivity index (χ4n) is 4.08. The van der Waals surface area contributed by atoms with E-state index in [4.69, 9.17) is 16.1 Å². The van der Waals surface area contributed by atoms with E-state index < -0.39 is 4.92 Å². The summed E-state index contributed by atoms with van der Waals surface area (Å²) in [6, 6.07) is 13.3. The molecule has 0 atom stereocenters. The molecule has 9 heteroatoms. The highest BCUT2D eigenvalue weighted by molar-refractivity contribution is 6.33. The van der Waals surface area contributed by atoms with Gasteiger partial charge in [0.25, 0.3) is 11.6 Å². The van der Waals surface area contributed by atoms with Crippen LogP contribution in [0.15, 0.2) is 53.1 Å². The summed E-state index contributed by atoms with van der Waals surface area (Å²) in [4.78, 5) is 30.1. The van der Waals surface area contributed by atoms with Crippen molar-refractivity contribution in [2.75, 3.05) is 6.54 Å². The molecule has 1 fully saturated rings. The number of hydrogen-bond acceptors (Lipinski definition) is 6. The number of non-ortho nitro benzene ring substituents is 1. The zero-order chi connectivity index (χ0) is 22.5. The van der Waals surface area contributed by atoms with Crippen LogP contribution in [0, 0.1) is 10.1 Å². The minimum Gasteiger partial charge on any atom is -0.339 e. The lowest BCUT2D eigenvalue weighted by atomic mass is 9.93. The first-order valence-electron chi connectivity index (χ1n) is 10.7. The largest absolute Gasteiger partial charge is 0.339 e. The van der Waals surface area contributed by atoms with E-state index in [1.807, 2.05) is 11.0 Å². The third-order valence-corrected chi connectivity index (χ3v) is 6.06. The number of carbonyl (C=O) groups is 1. The number of nitro benzene ring substituents is 1. The van der Waals surface area contributed by atoms with Gasteiger partial charge < -0.3 is 9.42 Å². The van der Waals surface area contributed by atoms with E-state index in [1.54, 1.807) is 30.3 Å². The summed E-state index contributed by atoms with van der Waals surface area (Å²) < 4.78 is 5.37. The predicted octanol–water partition coefficient (Wildman–Crippen LogP) is 5.32. The van der Waals surface area contributed by atoms with Crippen LogP contribution in [0.25, 0.3) is 11.4 Å². The monoisotopic (exact) mass is 454 g/mol. The quantitative estimate of drug-likeness (QED) is 0.353. The van der Waals surface area contributed by atoms with Gasteiger partial charge in [0.05, 0.1) is 15.5 Å². The number of halogens is 1. The van der Waals surface area contributed by atoms with Crippen molar-refractivity contribution < 1.29 is 14.2 Å². The maximum atomic E-state index is 13.3. The topological polar surface area (TPSA) is 102 Å². The number of nitro groups is 1. The average molecular weight is 455 g/mol. The van der Waals surface area contributed by atoms with Crippen molar-refractivity contribution in [2.24, 2.45) is 0 Å². The number of hydrogen-bond donors (Lipinski definition) is 0. The Morgan fingerprint density at radius 3 is 2.69 bits per heavy atom. The van der Waals surface area contributed by atoms with Gasteiger partial charge >= 0.3 is 0 Å². The number of aromatic nitrogens is 2. The van der Waals surface area contributed by atoms with Gasteiger partial charge in [-0.3, -0.25) is 14.9 Å². The van der Waals surface area contributed by atoms with Gasteiger partial charge in [-0.1, -0.05) is 60.3 Å². The summed E-state index contributed by atoms with van der Waals surface area (Å²) in [5.74, 6) is 0.561. The van der Waals surface area contributed by atoms with Gasteiger partial charge in [0.1, 0.15) is 0 Å². The van der Waals surface area contributed by atoms with E-state index in [0.717, 1.165) is 25.7 Å². The van der Waals surface area contributed by atoms with E-state index in [2.05, 4.69) is 10.1 Å². The number of amides is 1. The van der Waals surface area contributed by atoms with Crippen molar-refractivity contribution in [2.45, 2.75) is 44.6 Å². The summed E-state index contributed by atoms with van der Waals surface area (Å²) in [6.45, 7) is 0.422. The molecule has 1 aromatic heterocycles. The van der Waals surface area contributed by atoms with E-state index in [-0.39, 0.29) is 23.5 Å². The van der Waals surface area contributed by atoms with Gasteiger partial charge in [-0.25, -0.2) is 0 Å². The second-order valence-corrected chi connectivity index (χ2v) is 8.25. The van der Waals surface area contributed by atoms with Crippen molar-refractivity contribution in [3.05, 3.63) is 75.1 Å². The second kappa shape index (κ2) is 9.91. The van der Waals surface area contributed by atoms with Crippen LogP contribution >= 0.6 is 11.6 Å². The lowest BCUT2D eigenvalue weighted by molar-refractivity contribution is -0.384. The third kappa shape index (κ3) is 4.96. The molecule has 32 heavy (non-hydrogen) atoms. The van der Waals surface area contributed by atoms with Crippen LogP contribution in [0.3, 0.4) is 0 Å². The smallest absolute Gasteiger partial charge is 0.270 e. The van der Waals surface area contributed by atoms with Gasteiger partial charge in [-0.15, -0.1) is 0 Å². The van der Waals surface area contributed by atoms with E-state index in [1.165, 1.54) is 18.6 Å². The zero-order valence-corrected chi connectivity index (χ0v) is 18.2. The third-order valence-electron chi connectivity index (χ3n) is 5.73. The van der Waals surface area contributed by atoms with Gasteiger partial charge in [0.2, 0.25) is 11.7 Å². The molecular weight excluding hydrogens is 432 g/mol. The van der Waals surface area contributed by atoms with Crippen molar-refractivity contribution in [1.82, 2.24) is 15.0 Å². The molecule has 4 rings (SSSR count). The predicted molar refractivity (Wildman–Crippen MR) is 119 cm³/mol. The fraction of sp³-hybridized carbons (Fsp3) is 0.348. The van der Waals surface area contributed by atoms with E-state index in [9.17, 15) is 14.9 Å². The van der Waals surface area contributed by atoms with Crippen molar-refractivity contribution in [1.29, 1.82) is 0 Å². The van der Waals surface area contributed by atoms with Crippen LogP contribution in [0.2, 0.25) is 5.02 Å². The Hall–Kier alpha value is -3.26. The molecule has 166 valence electrons. The highest BCUT2D eigenvalue weighted by Gasteiger charge is 2.28. The van der Waals surface area contributed by atoms with E-state index >= 15 is 0 Å². The Balaban J connectivity index is 1.51. The van der Waals surface area contributed by atoms with Crippen LogP contribution in [0.5, 0.6) is 0 Å². The highest BCUT2D eigenvalue weighted by Crippen LogP contribution is 2.27. The van der Waals surface area contributed by atoms with Gasteiger partial charge in [0.15, 0.2) is 0 Å². The van der Waals surface area contributed by atoms with Crippen LogP contribution < -0.4 is 0 Å². The molecule has 1 heterocycles. The standard InChI is InChI=1S/C23H23ClN4O4/c24-20-12-5-4-11-19(20)23(29)27(17-8-2-1-3-9-17)14-13-21-25-22(26-32-21)16-7-6-10-18(15-16)28(30)31/h4-7,10-12,15,17H,1-3,8-9,13-14H2. The fourth-order valence-corrected chi connectivity index (χ4v) is 4.30. The van der Waals surface area contributed by atoms with E-state index in [0.29, 0.717) is 35.0 Å². The molecule has 8 nitrogen and oxygen atoms in total. The molecule has 2 aromatic carbocycles. The molecule has 1 amide bonds. The lowest BCUT2D eigenvalue weighted by Crippen LogP contribution is -2.42. The molecule has 0 aliphatic heterocycles. The molecule has 0 spiro atoms. The van der Waals surface area contributed by atoms with Crippen LogP contribution in [-0.2, 0) is 6.42 Å². The first-order valence-corrected chi connectivity index (χ1v) is 11.0. The van der Waals surface area contributed by atoms with Crippen LogP contribution in [0.1, 0.15) is 48.4 Å². The van der Waals surface area contributed by atoms with Crippen LogP contribution in [-0.4, -0.2) is 38.5 Å².